The van der Waals surface area contributed by atoms with E-state index in [1.807, 2.05) is 0 Å². The third-order valence-electron chi connectivity index (χ3n) is 5.39. The molecule has 0 aliphatic carbocycles. The fraction of sp³-hybridized carbons (Fsp3) is 0.217. The van der Waals surface area contributed by atoms with Crippen molar-refractivity contribution in [2.45, 2.75) is 13.0 Å². The molecule has 1 atom stereocenters. The van der Waals surface area contributed by atoms with E-state index in [1.54, 1.807) is 49.4 Å². The summed E-state index contributed by atoms with van der Waals surface area (Å²) < 4.78 is 16.5. The number of amides is 1. The number of anilines is 1. The summed E-state index contributed by atoms with van der Waals surface area (Å²) in [6.45, 7) is 2.57. The van der Waals surface area contributed by atoms with Crippen LogP contribution < -0.4 is 19.1 Å². The standard InChI is InChI=1S/C23H19N3O6S/c1-12-24-25-23(33-12)26-19(13-4-3-5-15(10-13)30-2)18(21(28)22(26)29)20(27)14-6-7-16-17(11-14)32-9-8-31-16/h3-7,10-11,19,27H,8-9H2,1-2H3/b20-18-. The molecule has 0 spiro atoms. The molecular weight excluding hydrogens is 446 g/mol. The van der Waals surface area contributed by atoms with Gasteiger partial charge in [0.2, 0.25) is 5.13 Å². The maximum absolute atomic E-state index is 13.2. The minimum absolute atomic E-state index is 0.0576. The highest BCUT2D eigenvalue weighted by atomic mass is 32.1. The molecule has 3 aromatic rings. The first-order chi connectivity index (χ1) is 16.0. The SMILES string of the molecule is COc1cccc(C2/C(=C(/O)c3ccc4c(c3)OCCO4)C(=O)C(=O)N2c2nnc(C)s2)c1. The molecule has 168 valence electrons. The number of ketones is 1. The monoisotopic (exact) mass is 465 g/mol. The van der Waals surface area contributed by atoms with Crippen molar-refractivity contribution in [3.05, 3.63) is 64.2 Å². The number of aliphatic hydroxyl groups excluding tert-OH is 1. The Hall–Kier alpha value is -3.92. The average Bonchev–Trinajstić information content (AvgIpc) is 3.38. The Labute approximate surface area is 192 Å². The molecule has 0 bridgehead atoms. The molecule has 1 unspecified atom stereocenters. The summed E-state index contributed by atoms with van der Waals surface area (Å²) in [6.07, 6.45) is 0. The number of hydrogen-bond donors (Lipinski definition) is 1. The number of hydrogen-bond acceptors (Lipinski definition) is 9. The smallest absolute Gasteiger partial charge is 0.301 e. The van der Waals surface area contributed by atoms with Crippen LogP contribution in [-0.2, 0) is 9.59 Å². The van der Waals surface area contributed by atoms with Crippen molar-refractivity contribution in [1.29, 1.82) is 0 Å². The summed E-state index contributed by atoms with van der Waals surface area (Å²) >= 11 is 1.19. The molecule has 2 aromatic carbocycles. The van der Waals surface area contributed by atoms with Crippen molar-refractivity contribution < 1.29 is 28.9 Å². The second kappa shape index (κ2) is 8.21. The zero-order chi connectivity index (χ0) is 23.1. The van der Waals surface area contributed by atoms with E-state index in [2.05, 4.69) is 10.2 Å². The van der Waals surface area contributed by atoms with E-state index in [0.29, 0.717) is 46.6 Å². The number of carbonyl (C=O) groups excluding carboxylic acids is 2. The van der Waals surface area contributed by atoms with Crippen LogP contribution >= 0.6 is 11.3 Å². The van der Waals surface area contributed by atoms with Gasteiger partial charge in [-0.2, -0.15) is 0 Å². The fourth-order valence-electron chi connectivity index (χ4n) is 3.89. The minimum atomic E-state index is -0.916. The van der Waals surface area contributed by atoms with Gasteiger partial charge in [-0.3, -0.25) is 14.5 Å². The van der Waals surface area contributed by atoms with Gasteiger partial charge in [0.25, 0.3) is 5.78 Å². The first kappa shape index (κ1) is 21.0. The van der Waals surface area contributed by atoms with Crippen molar-refractivity contribution in [3.8, 4) is 17.2 Å². The largest absolute Gasteiger partial charge is 0.507 e. The minimum Gasteiger partial charge on any atom is -0.507 e. The van der Waals surface area contributed by atoms with Crippen LogP contribution in [0.25, 0.3) is 5.76 Å². The van der Waals surface area contributed by atoms with Gasteiger partial charge < -0.3 is 19.3 Å². The molecule has 1 fully saturated rings. The van der Waals surface area contributed by atoms with E-state index in [4.69, 9.17) is 14.2 Å². The lowest BCUT2D eigenvalue weighted by Crippen LogP contribution is -2.29. The molecule has 9 nitrogen and oxygen atoms in total. The summed E-state index contributed by atoms with van der Waals surface area (Å²) in [6, 6.07) is 10.9. The maximum atomic E-state index is 13.2. The second-order valence-electron chi connectivity index (χ2n) is 7.41. The third-order valence-corrected chi connectivity index (χ3v) is 6.23. The van der Waals surface area contributed by atoms with Gasteiger partial charge in [0, 0.05) is 5.56 Å². The van der Waals surface area contributed by atoms with Gasteiger partial charge in [0.15, 0.2) is 11.5 Å². The first-order valence-electron chi connectivity index (χ1n) is 10.1. The Balaban J connectivity index is 1.70. The molecule has 1 amide bonds. The molecule has 3 heterocycles. The number of aromatic nitrogens is 2. The predicted octanol–water partition coefficient (Wildman–Crippen LogP) is 3.25. The maximum Gasteiger partial charge on any atom is 0.301 e. The summed E-state index contributed by atoms with van der Waals surface area (Å²) in [5.41, 5.74) is 0.858. The Morgan fingerprint density at radius 3 is 2.64 bits per heavy atom. The van der Waals surface area contributed by atoms with Crippen molar-refractivity contribution in [2.75, 3.05) is 25.2 Å². The van der Waals surface area contributed by atoms with Gasteiger partial charge in [-0.1, -0.05) is 23.5 Å². The van der Waals surface area contributed by atoms with Crippen LogP contribution in [0, 0.1) is 6.92 Å². The summed E-state index contributed by atoms with van der Waals surface area (Å²) in [5.74, 6) is -0.377. The lowest BCUT2D eigenvalue weighted by atomic mass is 9.95. The fourth-order valence-corrected chi connectivity index (χ4v) is 4.60. The zero-order valence-electron chi connectivity index (χ0n) is 17.8. The molecule has 0 radical (unpaired) electrons. The number of aryl methyl sites for hydroxylation is 1. The summed E-state index contributed by atoms with van der Waals surface area (Å²) in [7, 11) is 1.53. The number of ether oxygens (including phenoxy) is 3. The van der Waals surface area contributed by atoms with E-state index in [1.165, 1.54) is 23.3 Å². The third kappa shape index (κ3) is 3.58. The number of carbonyl (C=O) groups is 2. The van der Waals surface area contributed by atoms with E-state index in [-0.39, 0.29) is 16.5 Å². The van der Waals surface area contributed by atoms with E-state index in [9.17, 15) is 14.7 Å². The molecule has 33 heavy (non-hydrogen) atoms. The number of aliphatic hydroxyl groups is 1. The Bertz CT molecular complexity index is 1300. The molecule has 0 saturated carbocycles. The number of nitrogens with zero attached hydrogens (tertiary/aromatic N) is 3. The predicted molar refractivity (Wildman–Crippen MR) is 120 cm³/mol. The Morgan fingerprint density at radius 1 is 1.12 bits per heavy atom. The number of rotatable bonds is 4. The van der Waals surface area contributed by atoms with Gasteiger partial charge in [-0.15, -0.1) is 10.2 Å². The van der Waals surface area contributed by atoms with Crippen LogP contribution in [0.1, 0.15) is 22.2 Å². The van der Waals surface area contributed by atoms with Gasteiger partial charge >= 0.3 is 5.91 Å². The van der Waals surface area contributed by atoms with E-state index in [0.717, 1.165) is 0 Å². The van der Waals surface area contributed by atoms with Crippen LogP contribution in [0.3, 0.4) is 0 Å². The van der Waals surface area contributed by atoms with Crippen LogP contribution in [-0.4, -0.2) is 47.3 Å². The normalized spacial score (nSPS) is 19.1. The highest BCUT2D eigenvalue weighted by Gasteiger charge is 2.48. The molecule has 10 heteroatoms. The quantitative estimate of drug-likeness (QED) is 0.355. The lowest BCUT2D eigenvalue weighted by Gasteiger charge is -2.23. The molecular formula is C23H19N3O6S. The highest BCUT2D eigenvalue weighted by Crippen LogP contribution is 2.44. The molecule has 2 aliphatic rings. The number of Topliss-reactive ketones (excluding diaryl/α,β-unsaturated/α-hetero) is 1. The van der Waals surface area contributed by atoms with E-state index >= 15 is 0 Å². The van der Waals surface area contributed by atoms with Gasteiger partial charge in [-0.05, 0) is 42.8 Å². The number of methoxy groups -OCH3 is 1. The van der Waals surface area contributed by atoms with Gasteiger partial charge in [0.05, 0.1) is 18.7 Å². The molecule has 1 N–H and O–H groups in total. The summed E-state index contributed by atoms with van der Waals surface area (Å²) in [5, 5.41) is 20.2. The van der Waals surface area contributed by atoms with Gasteiger partial charge in [-0.25, -0.2) is 0 Å². The lowest BCUT2D eigenvalue weighted by molar-refractivity contribution is -0.132. The van der Waals surface area contributed by atoms with Crippen LogP contribution in [0.2, 0.25) is 0 Å². The van der Waals surface area contributed by atoms with Crippen molar-refractivity contribution in [2.24, 2.45) is 0 Å². The van der Waals surface area contributed by atoms with Gasteiger partial charge in [0.1, 0.15) is 29.7 Å². The van der Waals surface area contributed by atoms with Crippen LogP contribution in [0.5, 0.6) is 17.2 Å². The Kier molecular flexibility index (Phi) is 5.21. The highest BCUT2D eigenvalue weighted by molar-refractivity contribution is 7.15. The molecule has 1 aromatic heterocycles. The number of fused-ring (bicyclic) bond motifs is 1. The van der Waals surface area contributed by atoms with Crippen molar-refractivity contribution >= 4 is 33.9 Å². The molecule has 1 saturated heterocycles. The Morgan fingerprint density at radius 2 is 1.91 bits per heavy atom. The van der Waals surface area contributed by atoms with Crippen molar-refractivity contribution in [1.82, 2.24) is 10.2 Å². The van der Waals surface area contributed by atoms with Crippen molar-refractivity contribution in [3.63, 3.8) is 0 Å². The number of benzene rings is 2. The van der Waals surface area contributed by atoms with Crippen LogP contribution in [0.4, 0.5) is 5.13 Å². The zero-order valence-corrected chi connectivity index (χ0v) is 18.6. The first-order valence-corrected chi connectivity index (χ1v) is 10.9. The molecule has 5 rings (SSSR count). The summed E-state index contributed by atoms with van der Waals surface area (Å²) in [4.78, 5) is 27.6. The topological polar surface area (TPSA) is 111 Å². The second-order valence-corrected chi connectivity index (χ2v) is 8.57. The molecule has 2 aliphatic heterocycles. The van der Waals surface area contributed by atoms with Crippen LogP contribution in [0.15, 0.2) is 48.0 Å². The van der Waals surface area contributed by atoms with E-state index < -0.39 is 17.7 Å². The average molecular weight is 465 g/mol.